The number of non-ortho nitro benzene ring substituents is 1. The van der Waals surface area contributed by atoms with Crippen LogP contribution in [0.15, 0.2) is 70.5 Å². The van der Waals surface area contributed by atoms with Gasteiger partial charge in [-0.25, -0.2) is 4.39 Å². The number of nitro benzene ring substituents is 1. The monoisotopic (exact) mass is 384 g/mol. The minimum atomic E-state index is -0.728. The van der Waals surface area contributed by atoms with Gasteiger partial charge in [-0.1, -0.05) is 35.5 Å². The van der Waals surface area contributed by atoms with E-state index in [-0.39, 0.29) is 17.9 Å². The zero-order chi connectivity index (χ0) is 19.4. The van der Waals surface area contributed by atoms with Gasteiger partial charge in [-0.2, -0.15) is 0 Å². The van der Waals surface area contributed by atoms with Crippen LogP contribution < -0.4 is 5.32 Å². The van der Waals surface area contributed by atoms with E-state index in [4.69, 9.17) is 0 Å². The zero-order valence-electron chi connectivity index (χ0n) is 14.5. The number of rotatable bonds is 6. The van der Waals surface area contributed by atoms with Crippen molar-refractivity contribution in [2.24, 2.45) is 0 Å². The van der Waals surface area contributed by atoms with E-state index in [2.05, 4.69) is 5.32 Å². The van der Waals surface area contributed by atoms with Crippen LogP contribution in [0.1, 0.15) is 11.1 Å². The van der Waals surface area contributed by atoms with Crippen molar-refractivity contribution in [3.63, 3.8) is 0 Å². The molecule has 0 saturated carbocycles. The van der Waals surface area contributed by atoms with Crippen molar-refractivity contribution in [3.8, 4) is 5.75 Å². The molecule has 0 radical (unpaired) electrons. The second kappa shape index (κ2) is 8.09. The maximum atomic E-state index is 13.5. The summed E-state index contributed by atoms with van der Waals surface area (Å²) in [5.74, 6) is -1.20. The quantitative estimate of drug-likeness (QED) is 0.333. The van der Waals surface area contributed by atoms with E-state index in [0.717, 1.165) is 21.4 Å². The molecule has 27 heavy (non-hydrogen) atoms. The fraction of sp³-hybridized carbons (Fsp3) is 0.100. The Hall–Kier alpha value is -3.06. The number of halogens is 1. The molecule has 0 unspecified atom stereocenters. The first kappa shape index (κ1) is 18.7. The molecule has 0 aliphatic rings. The van der Waals surface area contributed by atoms with Crippen LogP contribution in [0.3, 0.4) is 0 Å². The molecule has 0 heterocycles. The van der Waals surface area contributed by atoms with Crippen LogP contribution in [0.4, 0.5) is 15.8 Å². The van der Waals surface area contributed by atoms with Crippen molar-refractivity contribution in [1.82, 2.24) is 0 Å². The van der Waals surface area contributed by atoms with E-state index in [1.165, 1.54) is 30.0 Å². The summed E-state index contributed by atoms with van der Waals surface area (Å²) in [5, 5.41) is 23.9. The molecule has 0 aromatic heterocycles. The molecular formula is C20H17FN2O3S. The molecular weight excluding hydrogens is 367 g/mol. The van der Waals surface area contributed by atoms with Crippen LogP contribution in [0.5, 0.6) is 5.75 Å². The summed E-state index contributed by atoms with van der Waals surface area (Å²) in [4.78, 5) is 12.5. The van der Waals surface area contributed by atoms with Crippen LogP contribution >= 0.6 is 11.8 Å². The van der Waals surface area contributed by atoms with Gasteiger partial charge < -0.3 is 10.4 Å². The average Bonchev–Trinajstić information content (AvgIpc) is 2.65. The zero-order valence-corrected chi connectivity index (χ0v) is 15.3. The van der Waals surface area contributed by atoms with Crippen molar-refractivity contribution < 1.29 is 14.4 Å². The van der Waals surface area contributed by atoms with Crippen molar-refractivity contribution >= 4 is 23.1 Å². The van der Waals surface area contributed by atoms with Gasteiger partial charge >= 0.3 is 0 Å². The first-order valence-corrected chi connectivity index (χ1v) is 8.99. The number of phenols is 1. The fourth-order valence-corrected chi connectivity index (χ4v) is 3.42. The lowest BCUT2D eigenvalue weighted by Gasteiger charge is -2.13. The van der Waals surface area contributed by atoms with Gasteiger partial charge in [0, 0.05) is 28.5 Å². The van der Waals surface area contributed by atoms with Gasteiger partial charge in [0.2, 0.25) is 0 Å². The lowest BCUT2D eigenvalue weighted by atomic mass is 10.2. The highest BCUT2D eigenvalue weighted by molar-refractivity contribution is 7.99. The van der Waals surface area contributed by atoms with E-state index in [1.54, 1.807) is 12.1 Å². The number of benzene rings is 3. The van der Waals surface area contributed by atoms with Crippen LogP contribution in [-0.2, 0) is 6.54 Å². The Morgan fingerprint density at radius 2 is 1.89 bits per heavy atom. The first-order valence-electron chi connectivity index (χ1n) is 8.17. The van der Waals surface area contributed by atoms with E-state index in [0.29, 0.717) is 5.56 Å². The number of nitrogens with one attached hydrogen (secondary N) is 1. The summed E-state index contributed by atoms with van der Waals surface area (Å²) in [6.07, 6.45) is 0. The second-order valence-corrected chi connectivity index (χ2v) is 7.07. The number of nitrogens with zero attached hydrogens (tertiary/aromatic N) is 1. The van der Waals surface area contributed by atoms with E-state index < -0.39 is 16.5 Å². The molecule has 0 spiro atoms. The highest BCUT2D eigenvalue weighted by atomic mass is 32.2. The number of phenolic OH excluding ortho intramolecular Hbond substituents is 1. The first-order chi connectivity index (χ1) is 12.9. The number of hydrogen-bond acceptors (Lipinski definition) is 5. The number of nitro groups is 1. The summed E-state index contributed by atoms with van der Waals surface area (Å²) in [6.45, 7) is 2.20. The summed E-state index contributed by atoms with van der Waals surface area (Å²) < 4.78 is 13.5. The minimum Gasteiger partial charge on any atom is -0.503 e. The maximum Gasteiger partial charge on any atom is 0.269 e. The van der Waals surface area contributed by atoms with Gasteiger partial charge in [-0.05, 0) is 42.8 Å². The predicted octanol–water partition coefficient (Wildman–Crippen LogP) is 5.51. The van der Waals surface area contributed by atoms with Crippen molar-refractivity contribution in [2.45, 2.75) is 23.3 Å². The molecule has 0 fully saturated rings. The molecule has 7 heteroatoms. The molecule has 3 rings (SSSR count). The lowest BCUT2D eigenvalue weighted by Crippen LogP contribution is -2.03. The Kier molecular flexibility index (Phi) is 5.61. The molecule has 2 N–H and O–H groups in total. The molecule has 5 nitrogen and oxygen atoms in total. The molecule has 0 bridgehead atoms. The molecule has 0 saturated heterocycles. The largest absolute Gasteiger partial charge is 0.503 e. The third-order valence-corrected chi connectivity index (χ3v) is 5.09. The third kappa shape index (κ3) is 4.57. The van der Waals surface area contributed by atoms with Gasteiger partial charge in [0.05, 0.1) is 10.6 Å². The van der Waals surface area contributed by atoms with Gasteiger partial charge in [-0.15, -0.1) is 0 Å². The number of hydrogen-bond donors (Lipinski definition) is 2. The van der Waals surface area contributed by atoms with E-state index >= 15 is 0 Å². The van der Waals surface area contributed by atoms with Gasteiger partial charge in [0.15, 0.2) is 11.6 Å². The Balaban J connectivity index is 1.88. The highest BCUT2D eigenvalue weighted by Gasteiger charge is 2.13. The van der Waals surface area contributed by atoms with Crippen LogP contribution in [0, 0.1) is 22.9 Å². The molecule has 3 aromatic rings. The topological polar surface area (TPSA) is 75.4 Å². The maximum absolute atomic E-state index is 13.5. The van der Waals surface area contributed by atoms with Crippen molar-refractivity contribution in [3.05, 3.63) is 87.7 Å². The molecule has 0 aliphatic heterocycles. The molecule has 138 valence electrons. The van der Waals surface area contributed by atoms with Gasteiger partial charge in [-0.3, -0.25) is 10.1 Å². The SMILES string of the molecule is Cc1ccc(Sc2ccc([N+](=O)[O-])cc2CNc2cccc(F)c2O)cc1. The van der Waals surface area contributed by atoms with Crippen molar-refractivity contribution in [1.29, 1.82) is 0 Å². The molecule has 3 aromatic carbocycles. The van der Waals surface area contributed by atoms with E-state index in [9.17, 15) is 19.6 Å². The van der Waals surface area contributed by atoms with E-state index in [1.807, 2.05) is 31.2 Å². The normalized spacial score (nSPS) is 10.6. The summed E-state index contributed by atoms with van der Waals surface area (Å²) in [5.41, 5.74) is 2.03. The Morgan fingerprint density at radius 3 is 2.59 bits per heavy atom. The average molecular weight is 384 g/mol. The number of para-hydroxylation sites is 1. The van der Waals surface area contributed by atoms with Gasteiger partial charge in [0.25, 0.3) is 5.69 Å². The van der Waals surface area contributed by atoms with Crippen LogP contribution in [0.2, 0.25) is 0 Å². The summed E-state index contributed by atoms with van der Waals surface area (Å²) in [6, 6.07) is 16.8. The van der Waals surface area contributed by atoms with Crippen molar-refractivity contribution in [2.75, 3.05) is 5.32 Å². The number of aryl methyl sites for hydroxylation is 1. The second-order valence-electron chi connectivity index (χ2n) is 5.95. The smallest absolute Gasteiger partial charge is 0.269 e. The standard InChI is InChI=1S/C20H17FN2O3S/c1-13-5-8-16(9-6-13)27-19-10-7-15(23(25)26)11-14(19)12-22-18-4-2-3-17(21)20(18)24/h2-11,22,24H,12H2,1H3. The Labute approximate surface area is 160 Å². The molecule has 0 atom stereocenters. The lowest BCUT2D eigenvalue weighted by molar-refractivity contribution is -0.385. The van der Waals surface area contributed by atoms with Gasteiger partial charge in [0.1, 0.15) is 0 Å². The highest BCUT2D eigenvalue weighted by Crippen LogP contribution is 2.34. The predicted molar refractivity (Wildman–Crippen MR) is 104 cm³/mol. The number of anilines is 1. The van der Waals surface area contributed by atoms with Crippen LogP contribution in [-0.4, -0.2) is 10.0 Å². The number of aromatic hydroxyl groups is 1. The molecule has 0 aliphatic carbocycles. The summed E-state index contributed by atoms with van der Waals surface area (Å²) >= 11 is 1.49. The summed E-state index contributed by atoms with van der Waals surface area (Å²) in [7, 11) is 0. The minimum absolute atomic E-state index is 0.0245. The third-order valence-electron chi connectivity index (χ3n) is 3.96. The fourth-order valence-electron chi connectivity index (χ4n) is 2.50. The molecule has 0 amide bonds. The van der Waals surface area contributed by atoms with Crippen LogP contribution in [0.25, 0.3) is 0 Å². The Morgan fingerprint density at radius 1 is 1.15 bits per heavy atom. The Bertz CT molecular complexity index is 977.